The molecule has 0 spiro atoms. The molecule has 0 aromatic heterocycles. The summed E-state index contributed by atoms with van der Waals surface area (Å²) in [4.78, 5) is 2.32. The topological polar surface area (TPSA) is 32.7 Å². The molecular formula is C15H21NO2. The van der Waals surface area contributed by atoms with Crippen LogP contribution in [0, 0.1) is 5.41 Å². The molecule has 3 heteroatoms. The van der Waals surface area contributed by atoms with Gasteiger partial charge in [-0.05, 0) is 37.1 Å². The largest absolute Gasteiger partial charge is 0.493 e. The number of hydrogen-bond acceptors (Lipinski definition) is 3. The molecule has 1 N–H and O–H groups in total. The molecule has 98 valence electrons. The molecule has 1 saturated carbocycles. The number of hydrogen-bond donors (Lipinski definition) is 1. The molecule has 2 aliphatic rings. The molecule has 0 saturated heterocycles. The van der Waals surface area contributed by atoms with Crippen LogP contribution in [0.1, 0.15) is 24.0 Å². The van der Waals surface area contributed by atoms with Crippen LogP contribution in [0.15, 0.2) is 18.2 Å². The molecule has 0 radical (unpaired) electrons. The lowest BCUT2D eigenvalue weighted by Crippen LogP contribution is -2.28. The Kier molecular flexibility index (Phi) is 3.04. The number of benzene rings is 1. The molecule has 3 rings (SSSR count). The molecule has 1 aromatic rings. The number of nitrogens with zero attached hydrogens (tertiary/aromatic N) is 1. The molecular weight excluding hydrogens is 226 g/mol. The van der Waals surface area contributed by atoms with Gasteiger partial charge in [-0.15, -0.1) is 0 Å². The van der Waals surface area contributed by atoms with Gasteiger partial charge in [0, 0.05) is 31.5 Å². The first-order chi connectivity index (χ1) is 8.71. The molecule has 1 aliphatic heterocycles. The molecule has 18 heavy (non-hydrogen) atoms. The van der Waals surface area contributed by atoms with E-state index in [1.807, 2.05) is 0 Å². The van der Waals surface area contributed by atoms with Gasteiger partial charge in [0.1, 0.15) is 5.75 Å². The Hall–Kier alpha value is -1.06. The van der Waals surface area contributed by atoms with Gasteiger partial charge in [-0.1, -0.05) is 12.1 Å². The lowest BCUT2D eigenvalue weighted by atomic mass is 10.1. The fraction of sp³-hybridized carbons (Fsp3) is 0.600. The molecule has 1 fully saturated rings. The van der Waals surface area contributed by atoms with Gasteiger partial charge >= 0.3 is 0 Å². The van der Waals surface area contributed by atoms with Gasteiger partial charge in [0.05, 0.1) is 6.61 Å². The summed E-state index contributed by atoms with van der Waals surface area (Å²) in [5.41, 5.74) is 2.88. The van der Waals surface area contributed by atoms with Crippen LogP contribution in [-0.2, 0) is 13.0 Å². The Morgan fingerprint density at radius 3 is 2.94 bits per heavy atom. The summed E-state index contributed by atoms with van der Waals surface area (Å²) < 4.78 is 5.52. The quantitative estimate of drug-likeness (QED) is 0.861. The predicted molar refractivity (Wildman–Crippen MR) is 70.7 cm³/mol. The number of aliphatic hydroxyl groups excluding tert-OH is 1. The zero-order valence-corrected chi connectivity index (χ0v) is 11.0. The zero-order valence-electron chi connectivity index (χ0n) is 11.0. The Morgan fingerprint density at radius 1 is 1.39 bits per heavy atom. The Bertz CT molecular complexity index is 440. The minimum Gasteiger partial charge on any atom is -0.493 e. The summed E-state index contributed by atoms with van der Waals surface area (Å²) in [5, 5.41) is 9.36. The number of ether oxygens (including phenoxy) is 1. The summed E-state index contributed by atoms with van der Waals surface area (Å²) in [7, 11) is 2.14. The second-order valence-corrected chi connectivity index (χ2v) is 5.87. The van der Waals surface area contributed by atoms with Crippen LogP contribution < -0.4 is 4.74 Å². The first kappa shape index (κ1) is 12.0. The van der Waals surface area contributed by atoms with Gasteiger partial charge in [0.2, 0.25) is 0 Å². The highest BCUT2D eigenvalue weighted by Gasteiger charge is 2.42. The molecule has 0 bridgehead atoms. The molecule has 1 aliphatic carbocycles. The molecule has 1 aromatic carbocycles. The van der Waals surface area contributed by atoms with Crippen molar-refractivity contribution in [3.05, 3.63) is 29.3 Å². The van der Waals surface area contributed by atoms with E-state index in [1.54, 1.807) is 0 Å². The number of rotatable bonds is 5. The monoisotopic (exact) mass is 247 g/mol. The van der Waals surface area contributed by atoms with Crippen LogP contribution in [0.3, 0.4) is 0 Å². The van der Waals surface area contributed by atoms with Crippen LogP contribution in [-0.4, -0.2) is 36.8 Å². The maximum absolute atomic E-state index is 9.36. The first-order valence-electron chi connectivity index (χ1n) is 6.75. The molecule has 1 heterocycles. The van der Waals surface area contributed by atoms with Crippen molar-refractivity contribution in [2.24, 2.45) is 5.41 Å². The highest BCUT2D eigenvalue weighted by atomic mass is 16.5. The van der Waals surface area contributed by atoms with E-state index >= 15 is 0 Å². The van der Waals surface area contributed by atoms with E-state index < -0.39 is 0 Å². The van der Waals surface area contributed by atoms with E-state index in [-0.39, 0.29) is 5.41 Å². The third kappa shape index (κ3) is 2.38. The second kappa shape index (κ2) is 4.56. The smallest absolute Gasteiger partial charge is 0.122 e. The Morgan fingerprint density at radius 2 is 2.22 bits per heavy atom. The van der Waals surface area contributed by atoms with Gasteiger partial charge in [-0.25, -0.2) is 0 Å². The van der Waals surface area contributed by atoms with Crippen molar-refractivity contribution >= 4 is 0 Å². The van der Waals surface area contributed by atoms with Crippen LogP contribution in [0.2, 0.25) is 0 Å². The highest BCUT2D eigenvalue weighted by Crippen LogP contribution is 2.45. The average molecular weight is 247 g/mol. The maximum Gasteiger partial charge on any atom is 0.122 e. The third-order valence-corrected chi connectivity index (χ3v) is 4.10. The summed E-state index contributed by atoms with van der Waals surface area (Å²) >= 11 is 0. The summed E-state index contributed by atoms with van der Waals surface area (Å²) in [6, 6.07) is 6.50. The van der Waals surface area contributed by atoms with Crippen LogP contribution >= 0.6 is 0 Å². The van der Waals surface area contributed by atoms with Gasteiger partial charge in [-0.3, -0.25) is 0 Å². The third-order valence-electron chi connectivity index (χ3n) is 4.10. The highest BCUT2D eigenvalue weighted by molar-refractivity contribution is 5.39. The fourth-order valence-electron chi connectivity index (χ4n) is 2.82. The molecule has 0 atom stereocenters. The van der Waals surface area contributed by atoms with Crippen molar-refractivity contribution in [3.63, 3.8) is 0 Å². The molecule has 3 nitrogen and oxygen atoms in total. The van der Waals surface area contributed by atoms with Gasteiger partial charge in [0.25, 0.3) is 0 Å². The minimum atomic E-state index is 0.203. The fourth-order valence-corrected chi connectivity index (χ4v) is 2.82. The second-order valence-electron chi connectivity index (χ2n) is 5.87. The Balaban J connectivity index is 1.62. The van der Waals surface area contributed by atoms with Crippen molar-refractivity contribution in [3.8, 4) is 5.75 Å². The predicted octanol–water partition coefficient (Wildman–Crippen LogP) is 1.83. The summed E-state index contributed by atoms with van der Waals surface area (Å²) in [6.07, 6.45) is 3.38. The van der Waals surface area contributed by atoms with Crippen LogP contribution in [0.5, 0.6) is 5.75 Å². The summed E-state index contributed by atoms with van der Waals surface area (Å²) in [6.45, 7) is 3.10. The zero-order chi connectivity index (χ0) is 12.6. The first-order valence-corrected chi connectivity index (χ1v) is 6.75. The van der Waals surface area contributed by atoms with E-state index in [9.17, 15) is 5.11 Å². The van der Waals surface area contributed by atoms with Crippen molar-refractivity contribution in [1.29, 1.82) is 0 Å². The molecule has 0 unspecified atom stereocenters. The Labute approximate surface area is 108 Å². The number of aliphatic hydroxyl groups is 1. The van der Waals surface area contributed by atoms with Crippen LogP contribution in [0.25, 0.3) is 0 Å². The van der Waals surface area contributed by atoms with Crippen molar-refractivity contribution in [1.82, 2.24) is 4.90 Å². The summed E-state index contributed by atoms with van der Waals surface area (Å²) in [5.74, 6) is 1.05. The van der Waals surface area contributed by atoms with E-state index in [2.05, 4.69) is 30.1 Å². The standard InChI is InChI=1S/C15H21NO2/c1-16(10-15(11-17)5-6-15)9-12-2-3-14-13(8-12)4-7-18-14/h2-3,8,17H,4-7,9-11H2,1H3. The minimum absolute atomic E-state index is 0.203. The lowest BCUT2D eigenvalue weighted by molar-refractivity contribution is 0.161. The normalized spacial score (nSPS) is 19.7. The maximum atomic E-state index is 9.36. The van der Waals surface area contributed by atoms with Gasteiger partial charge in [-0.2, -0.15) is 0 Å². The van der Waals surface area contributed by atoms with Gasteiger partial charge < -0.3 is 14.7 Å². The number of fused-ring (bicyclic) bond motifs is 1. The van der Waals surface area contributed by atoms with E-state index in [0.29, 0.717) is 6.61 Å². The van der Waals surface area contributed by atoms with Gasteiger partial charge in [0.15, 0.2) is 0 Å². The van der Waals surface area contributed by atoms with E-state index in [0.717, 1.165) is 31.9 Å². The average Bonchev–Trinajstić information content (AvgIpc) is 2.97. The molecule has 0 amide bonds. The SMILES string of the molecule is CN(Cc1ccc2c(c1)CCO2)CC1(CO)CC1. The van der Waals surface area contributed by atoms with E-state index in [4.69, 9.17) is 4.74 Å². The van der Waals surface area contributed by atoms with Crippen molar-refractivity contribution in [2.45, 2.75) is 25.8 Å². The van der Waals surface area contributed by atoms with Crippen molar-refractivity contribution < 1.29 is 9.84 Å². The van der Waals surface area contributed by atoms with Crippen LogP contribution in [0.4, 0.5) is 0 Å². The van der Waals surface area contributed by atoms with Crippen molar-refractivity contribution in [2.75, 3.05) is 26.8 Å². The van der Waals surface area contributed by atoms with E-state index in [1.165, 1.54) is 24.0 Å². The lowest BCUT2D eigenvalue weighted by Gasteiger charge is -2.22.